The van der Waals surface area contributed by atoms with Crippen LogP contribution in [0.4, 0.5) is 5.69 Å². The Hall–Kier alpha value is -2.75. The monoisotopic (exact) mass is 339 g/mol. The molecule has 0 saturated heterocycles. The number of hydrogen-bond donors (Lipinski definition) is 1. The van der Waals surface area contributed by atoms with E-state index in [1.165, 1.54) is 6.08 Å². The minimum absolute atomic E-state index is 0.0447. The van der Waals surface area contributed by atoms with Gasteiger partial charge in [-0.2, -0.15) is 0 Å². The third kappa shape index (κ3) is 4.86. The van der Waals surface area contributed by atoms with Gasteiger partial charge in [-0.25, -0.2) is 0 Å². The summed E-state index contributed by atoms with van der Waals surface area (Å²) in [4.78, 5) is 12.3. The van der Waals surface area contributed by atoms with E-state index < -0.39 is 0 Å². The number of rotatable bonds is 5. The molecule has 2 aromatic rings. The fourth-order valence-corrected chi connectivity index (χ4v) is 2.55. The molecule has 132 valence electrons. The highest BCUT2D eigenvalue weighted by molar-refractivity contribution is 6.02. The molecule has 1 amide bonds. The third-order valence-electron chi connectivity index (χ3n) is 3.83. The number of amides is 1. The normalized spacial score (nSPS) is 11.4. The summed E-state index contributed by atoms with van der Waals surface area (Å²) in [6.45, 7) is 6.37. The Balaban J connectivity index is 2.15. The van der Waals surface area contributed by atoms with Crippen LogP contribution in [-0.2, 0) is 10.2 Å². The Morgan fingerprint density at radius 2 is 1.68 bits per heavy atom. The number of para-hydroxylation sites is 1. The average Bonchev–Trinajstić information content (AvgIpc) is 2.59. The highest BCUT2D eigenvalue weighted by atomic mass is 16.5. The second-order valence-electron chi connectivity index (χ2n) is 6.73. The smallest absolute Gasteiger partial charge is 0.248 e. The van der Waals surface area contributed by atoms with Crippen LogP contribution in [0.3, 0.4) is 0 Å². The molecule has 0 fully saturated rings. The first-order valence-corrected chi connectivity index (χ1v) is 8.15. The predicted molar refractivity (Wildman–Crippen MR) is 102 cm³/mol. The summed E-state index contributed by atoms with van der Waals surface area (Å²) in [7, 11) is 3.18. The van der Waals surface area contributed by atoms with Gasteiger partial charge in [-0.1, -0.05) is 45.0 Å². The lowest BCUT2D eigenvalue weighted by atomic mass is 9.86. The summed E-state index contributed by atoms with van der Waals surface area (Å²) in [5.74, 6) is 1.11. The van der Waals surface area contributed by atoms with E-state index in [2.05, 4.69) is 26.1 Å². The van der Waals surface area contributed by atoms with E-state index in [-0.39, 0.29) is 11.3 Å². The van der Waals surface area contributed by atoms with E-state index in [0.717, 1.165) is 16.8 Å². The molecule has 0 atom stereocenters. The molecule has 0 radical (unpaired) electrons. The number of anilines is 1. The minimum atomic E-state index is -0.175. The van der Waals surface area contributed by atoms with Crippen LogP contribution in [0.5, 0.6) is 11.5 Å². The van der Waals surface area contributed by atoms with Crippen LogP contribution in [0.25, 0.3) is 6.08 Å². The molecular weight excluding hydrogens is 314 g/mol. The molecule has 0 bridgehead atoms. The first-order chi connectivity index (χ1) is 11.8. The van der Waals surface area contributed by atoms with Gasteiger partial charge < -0.3 is 14.8 Å². The van der Waals surface area contributed by atoms with Crippen molar-refractivity contribution in [2.45, 2.75) is 26.2 Å². The van der Waals surface area contributed by atoms with Crippen molar-refractivity contribution in [2.24, 2.45) is 0 Å². The molecule has 0 aliphatic heterocycles. The molecule has 0 unspecified atom stereocenters. The van der Waals surface area contributed by atoms with Gasteiger partial charge in [0, 0.05) is 11.8 Å². The van der Waals surface area contributed by atoms with Crippen molar-refractivity contribution >= 4 is 17.7 Å². The summed E-state index contributed by atoms with van der Waals surface area (Å²) in [6, 6.07) is 13.4. The third-order valence-corrected chi connectivity index (χ3v) is 3.83. The lowest BCUT2D eigenvalue weighted by molar-refractivity contribution is -0.111. The van der Waals surface area contributed by atoms with E-state index in [4.69, 9.17) is 9.47 Å². The molecule has 0 saturated carbocycles. The van der Waals surface area contributed by atoms with Crippen molar-refractivity contribution in [3.63, 3.8) is 0 Å². The second kappa shape index (κ2) is 7.88. The van der Waals surface area contributed by atoms with Crippen molar-refractivity contribution in [1.82, 2.24) is 0 Å². The summed E-state index contributed by atoms with van der Waals surface area (Å²) in [5.41, 5.74) is 2.74. The van der Waals surface area contributed by atoms with Crippen LogP contribution in [0.15, 0.2) is 48.5 Å². The first kappa shape index (κ1) is 18.6. The van der Waals surface area contributed by atoms with Crippen LogP contribution in [0, 0.1) is 0 Å². The molecule has 0 spiro atoms. The van der Waals surface area contributed by atoms with Crippen LogP contribution < -0.4 is 14.8 Å². The Kier molecular flexibility index (Phi) is 5.86. The van der Waals surface area contributed by atoms with E-state index in [0.29, 0.717) is 11.5 Å². The Morgan fingerprint density at radius 1 is 1.00 bits per heavy atom. The zero-order valence-electron chi connectivity index (χ0n) is 15.4. The summed E-state index contributed by atoms with van der Waals surface area (Å²) >= 11 is 0. The molecule has 4 nitrogen and oxygen atoms in total. The molecule has 1 N–H and O–H groups in total. The Labute approximate surface area is 149 Å². The Morgan fingerprint density at radius 3 is 2.32 bits per heavy atom. The molecule has 4 heteroatoms. The van der Waals surface area contributed by atoms with Crippen LogP contribution in [0.2, 0.25) is 0 Å². The van der Waals surface area contributed by atoms with Gasteiger partial charge in [0.25, 0.3) is 0 Å². The van der Waals surface area contributed by atoms with Gasteiger partial charge in [0.05, 0.1) is 14.2 Å². The standard InChI is InChI=1S/C21H25NO3/c1-21(2,3)16-8-6-7-9-17(16)22-20(23)13-11-15-10-12-18(24-4)19(14-15)25-5/h6-14H,1-5H3,(H,22,23). The molecule has 25 heavy (non-hydrogen) atoms. The van der Waals surface area contributed by atoms with E-state index in [1.54, 1.807) is 20.3 Å². The molecule has 2 aromatic carbocycles. The zero-order chi connectivity index (χ0) is 18.4. The fraction of sp³-hybridized carbons (Fsp3) is 0.286. The minimum Gasteiger partial charge on any atom is -0.493 e. The first-order valence-electron chi connectivity index (χ1n) is 8.15. The number of carbonyl (C=O) groups excluding carboxylic acids is 1. The number of benzene rings is 2. The fourth-order valence-electron chi connectivity index (χ4n) is 2.55. The van der Waals surface area contributed by atoms with Crippen molar-refractivity contribution in [1.29, 1.82) is 0 Å². The van der Waals surface area contributed by atoms with Gasteiger partial charge in [0.15, 0.2) is 11.5 Å². The second-order valence-corrected chi connectivity index (χ2v) is 6.73. The van der Waals surface area contributed by atoms with E-state index >= 15 is 0 Å². The molecule has 0 aliphatic carbocycles. The molecule has 0 aromatic heterocycles. The Bertz CT molecular complexity index is 773. The molecule has 0 aliphatic rings. The van der Waals surface area contributed by atoms with Crippen molar-refractivity contribution in [3.8, 4) is 11.5 Å². The number of methoxy groups -OCH3 is 2. The summed E-state index contributed by atoms with van der Waals surface area (Å²) in [6.07, 6.45) is 3.26. The topological polar surface area (TPSA) is 47.6 Å². The van der Waals surface area contributed by atoms with Gasteiger partial charge in [0.1, 0.15) is 0 Å². The number of hydrogen-bond acceptors (Lipinski definition) is 3. The van der Waals surface area contributed by atoms with Crippen molar-refractivity contribution in [3.05, 3.63) is 59.7 Å². The zero-order valence-corrected chi connectivity index (χ0v) is 15.4. The van der Waals surface area contributed by atoms with Crippen LogP contribution >= 0.6 is 0 Å². The maximum Gasteiger partial charge on any atom is 0.248 e. The van der Waals surface area contributed by atoms with Gasteiger partial charge in [-0.3, -0.25) is 4.79 Å². The quantitative estimate of drug-likeness (QED) is 0.806. The van der Waals surface area contributed by atoms with Gasteiger partial charge in [-0.15, -0.1) is 0 Å². The molecular formula is C21H25NO3. The number of ether oxygens (including phenoxy) is 2. The highest BCUT2D eigenvalue weighted by Crippen LogP contribution is 2.30. The van der Waals surface area contributed by atoms with Crippen LogP contribution in [0.1, 0.15) is 31.9 Å². The van der Waals surface area contributed by atoms with Crippen LogP contribution in [-0.4, -0.2) is 20.1 Å². The highest BCUT2D eigenvalue weighted by Gasteiger charge is 2.17. The maximum absolute atomic E-state index is 12.3. The summed E-state index contributed by atoms with van der Waals surface area (Å²) < 4.78 is 10.5. The summed E-state index contributed by atoms with van der Waals surface area (Å²) in [5, 5.41) is 2.96. The number of nitrogens with one attached hydrogen (secondary N) is 1. The van der Waals surface area contributed by atoms with Crippen molar-refractivity contribution < 1.29 is 14.3 Å². The maximum atomic E-state index is 12.3. The molecule has 2 rings (SSSR count). The van der Waals surface area contributed by atoms with E-state index in [1.807, 2.05) is 42.5 Å². The molecule has 0 heterocycles. The van der Waals surface area contributed by atoms with Gasteiger partial charge in [-0.05, 0) is 40.8 Å². The SMILES string of the molecule is COc1ccc(C=CC(=O)Nc2ccccc2C(C)(C)C)cc1OC. The largest absolute Gasteiger partial charge is 0.493 e. The van der Waals surface area contributed by atoms with E-state index in [9.17, 15) is 4.79 Å². The average molecular weight is 339 g/mol. The predicted octanol–water partition coefficient (Wildman–Crippen LogP) is 4.65. The van der Waals surface area contributed by atoms with Crippen molar-refractivity contribution in [2.75, 3.05) is 19.5 Å². The van der Waals surface area contributed by atoms with Gasteiger partial charge >= 0.3 is 0 Å². The lowest BCUT2D eigenvalue weighted by Crippen LogP contribution is -2.17. The van der Waals surface area contributed by atoms with Gasteiger partial charge in [0.2, 0.25) is 5.91 Å². The lowest BCUT2D eigenvalue weighted by Gasteiger charge is -2.22. The number of carbonyl (C=O) groups is 1.